The van der Waals surface area contributed by atoms with E-state index in [0.29, 0.717) is 6.42 Å². The number of amides is 1. The van der Waals surface area contributed by atoms with Gasteiger partial charge < -0.3 is 15.5 Å². The van der Waals surface area contributed by atoms with Gasteiger partial charge in [-0.3, -0.25) is 9.35 Å². The zero-order chi connectivity index (χ0) is 31.3. The Morgan fingerprint density at radius 1 is 0.643 bits per heavy atom. The first kappa shape index (κ1) is 41.0. The largest absolute Gasteiger partial charge is 0.387 e. The number of aliphatic hydroxyl groups excluding tert-OH is 2. The topological polar surface area (TPSA) is 124 Å². The summed E-state index contributed by atoms with van der Waals surface area (Å²) in [5.41, 5.74) is 0. The van der Waals surface area contributed by atoms with Crippen molar-refractivity contribution in [2.45, 2.75) is 193 Å². The minimum atomic E-state index is -4.43. The first-order valence-electron chi connectivity index (χ1n) is 17.5. The monoisotopic (exact) mass is 617 g/mol. The maximum absolute atomic E-state index is 12.5. The third kappa shape index (κ3) is 27.8. The van der Waals surface area contributed by atoms with E-state index < -0.39 is 40.0 Å². The van der Waals surface area contributed by atoms with Crippen molar-refractivity contribution in [3.8, 4) is 0 Å². The van der Waals surface area contributed by atoms with Crippen LogP contribution < -0.4 is 5.32 Å². The molecule has 0 spiro atoms. The van der Waals surface area contributed by atoms with E-state index in [-0.39, 0.29) is 6.42 Å². The van der Waals surface area contributed by atoms with Gasteiger partial charge in [0.05, 0.1) is 17.9 Å². The first-order valence-corrected chi connectivity index (χ1v) is 19.1. The Balaban J connectivity index is 4.12. The van der Waals surface area contributed by atoms with Crippen LogP contribution in [-0.4, -0.2) is 53.1 Å². The van der Waals surface area contributed by atoms with Gasteiger partial charge in [0.15, 0.2) is 0 Å². The highest BCUT2D eigenvalue weighted by Gasteiger charge is 2.27. The number of allylic oxidation sites excluding steroid dienone is 1. The molecular weight excluding hydrogens is 550 g/mol. The van der Waals surface area contributed by atoms with Crippen molar-refractivity contribution in [1.29, 1.82) is 0 Å². The maximum Gasteiger partial charge on any atom is 0.267 e. The van der Waals surface area contributed by atoms with Gasteiger partial charge in [0, 0.05) is 0 Å². The van der Waals surface area contributed by atoms with Crippen LogP contribution in [0.4, 0.5) is 0 Å². The molecule has 0 bridgehead atoms. The highest BCUT2D eigenvalue weighted by molar-refractivity contribution is 7.85. The molecule has 4 N–H and O–H groups in total. The van der Waals surface area contributed by atoms with Crippen LogP contribution in [0.25, 0.3) is 0 Å². The Morgan fingerprint density at radius 3 is 1.43 bits per heavy atom. The van der Waals surface area contributed by atoms with Gasteiger partial charge in [-0.15, -0.1) is 0 Å². The minimum absolute atomic E-state index is 0.283. The second-order valence-electron chi connectivity index (χ2n) is 12.3. The van der Waals surface area contributed by atoms with Gasteiger partial charge >= 0.3 is 0 Å². The van der Waals surface area contributed by atoms with Crippen molar-refractivity contribution in [2.24, 2.45) is 0 Å². The van der Waals surface area contributed by atoms with Crippen LogP contribution in [0, 0.1) is 0 Å². The molecule has 0 aliphatic carbocycles. The lowest BCUT2D eigenvalue weighted by atomic mass is 10.0. The van der Waals surface area contributed by atoms with Gasteiger partial charge in [-0.25, -0.2) is 0 Å². The summed E-state index contributed by atoms with van der Waals surface area (Å²) in [6, 6.07) is -1.22. The molecule has 0 fully saturated rings. The van der Waals surface area contributed by atoms with Crippen molar-refractivity contribution in [3.05, 3.63) is 12.2 Å². The standard InChI is InChI=1S/C34H67NO6S/c1-3-5-7-9-11-13-14-15-16-17-18-19-21-22-24-26-28-32(36)31(30-42(39,40)41)35-34(38)33(37)29-27-25-23-20-12-10-8-6-4-2/h26,28,31-33,36-37H,3-25,27,29-30H2,1-2H3,(H,35,38)(H,39,40,41)/b28-26+. The van der Waals surface area contributed by atoms with E-state index in [1.807, 2.05) is 0 Å². The first-order chi connectivity index (χ1) is 20.2. The van der Waals surface area contributed by atoms with Crippen LogP contribution in [0.2, 0.25) is 0 Å². The average Bonchev–Trinajstić information content (AvgIpc) is 2.94. The summed E-state index contributed by atoms with van der Waals surface area (Å²) in [4.78, 5) is 12.5. The summed E-state index contributed by atoms with van der Waals surface area (Å²) in [6.07, 6.45) is 29.9. The van der Waals surface area contributed by atoms with Crippen molar-refractivity contribution in [1.82, 2.24) is 5.32 Å². The molecule has 0 aliphatic heterocycles. The van der Waals surface area contributed by atoms with Crippen molar-refractivity contribution in [2.75, 3.05) is 5.75 Å². The Hall–Kier alpha value is -0.960. The van der Waals surface area contributed by atoms with E-state index in [4.69, 9.17) is 0 Å². The number of hydrogen-bond acceptors (Lipinski definition) is 5. The number of nitrogens with one attached hydrogen (secondary N) is 1. The van der Waals surface area contributed by atoms with Crippen LogP contribution in [0.5, 0.6) is 0 Å². The normalized spacial score (nSPS) is 14.3. The highest BCUT2D eigenvalue weighted by atomic mass is 32.2. The van der Waals surface area contributed by atoms with Gasteiger partial charge in [-0.05, 0) is 19.3 Å². The third-order valence-corrected chi connectivity index (χ3v) is 8.85. The number of hydrogen-bond donors (Lipinski definition) is 4. The van der Waals surface area contributed by atoms with Gasteiger partial charge in [0.1, 0.15) is 6.10 Å². The molecule has 0 aromatic rings. The molecular formula is C34H67NO6S. The molecule has 3 atom stereocenters. The van der Waals surface area contributed by atoms with Gasteiger partial charge in [-0.1, -0.05) is 167 Å². The predicted molar refractivity (Wildman–Crippen MR) is 176 cm³/mol. The molecule has 3 unspecified atom stereocenters. The second kappa shape index (κ2) is 28.8. The summed E-state index contributed by atoms with van der Waals surface area (Å²) in [6.45, 7) is 4.45. The molecule has 0 rings (SSSR count). The summed E-state index contributed by atoms with van der Waals surface area (Å²) >= 11 is 0. The maximum atomic E-state index is 12.5. The molecule has 7 nitrogen and oxygen atoms in total. The van der Waals surface area contributed by atoms with Crippen molar-refractivity contribution < 1.29 is 28.0 Å². The smallest absolute Gasteiger partial charge is 0.267 e. The lowest BCUT2D eigenvalue weighted by Crippen LogP contribution is -2.50. The van der Waals surface area contributed by atoms with E-state index >= 15 is 0 Å². The molecule has 0 aliphatic rings. The van der Waals surface area contributed by atoms with Crippen molar-refractivity contribution in [3.63, 3.8) is 0 Å². The van der Waals surface area contributed by atoms with E-state index in [1.54, 1.807) is 6.08 Å². The molecule has 0 saturated carbocycles. The summed E-state index contributed by atoms with van der Waals surface area (Å²) in [5.74, 6) is -1.53. The predicted octanol–water partition coefficient (Wildman–Crippen LogP) is 8.43. The fourth-order valence-electron chi connectivity index (χ4n) is 5.34. The van der Waals surface area contributed by atoms with Crippen molar-refractivity contribution >= 4 is 16.0 Å². The van der Waals surface area contributed by atoms with Crippen LogP contribution in [-0.2, 0) is 14.9 Å². The lowest BCUT2D eigenvalue weighted by Gasteiger charge is -2.22. The van der Waals surface area contributed by atoms with Gasteiger partial charge in [-0.2, -0.15) is 8.42 Å². The zero-order valence-electron chi connectivity index (χ0n) is 27.2. The van der Waals surface area contributed by atoms with Crippen LogP contribution in [0.3, 0.4) is 0 Å². The van der Waals surface area contributed by atoms with Crippen LogP contribution in [0.1, 0.15) is 174 Å². The van der Waals surface area contributed by atoms with Gasteiger partial charge in [0.25, 0.3) is 10.1 Å². The number of carbonyl (C=O) groups excluding carboxylic acids is 1. The van der Waals surface area contributed by atoms with E-state index in [0.717, 1.165) is 38.5 Å². The van der Waals surface area contributed by atoms with Crippen LogP contribution in [0.15, 0.2) is 12.2 Å². The van der Waals surface area contributed by atoms with Crippen LogP contribution >= 0.6 is 0 Å². The highest BCUT2D eigenvalue weighted by Crippen LogP contribution is 2.14. The summed E-state index contributed by atoms with van der Waals surface area (Å²) in [5, 5.41) is 23.2. The second-order valence-corrected chi connectivity index (χ2v) is 13.8. The minimum Gasteiger partial charge on any atom is -0.387 e. The zero-order valence-corrected chi connectivity index (χ0v) is 28.1. The summed E-state index contributed by atoms with van der Waals surface area (Å²) in [7, 11) is -4.43. The Morgan fingerprint density at radius 2 is 1.02 bits per heavy atom. The van der Waals surface area contributed by atoms with Gasteiger partial charge in [0.2, 0.25) is 5.91 Å². The summed E-state index contributed by atoms with van der Waals surface area (Å²) < 4.78 is 32.3. The molecule has 0 heterocycles. The lowest BCUT2D eigenvalue weighted by molar-refractivity contribution is -0.130. The molecule has 0 radical (unpaired) electrons. The molecule has 8 heteroatoms. The van der Waals surface area contributed by atoms with E-state index in [1.165, 1.54) is 115 Å². The molecule has 250 valence electrons. The SMILES string of the molecule is CCCCCCCCCCCCCCCC/C=C/C(O)C(CS(=O)(=O)O)NC(=O)C(O)CCCCCCCCCCC. The average molecular weight is 618 g/mol. The van der Waals surface area contributed by atoms with E-state index in [9.17, 15) is 28.0 Å². The fraction of sp³-hybridized carbons (Fsp3) is 0.912. The molecule has 42 heavy (non-hydrogen) atoms. The van der Waals surface area contributed by atoms with E-state index in [2.05, 4.69) is 19.2 Å². The Kier molecular flexibility index (Phi) is 28.1. The fourth-order valence-corrected chi connectivity index (χ4v) is 6.07. The number of aliphatic hydroxyl groups is 2. The Bertz CT molecular complexity index is 742. The number of carbonyl (C=O) groups is 1. The Labute approximate surface area is 259 Å². The quantitative estimate of drug-likeness (QED) is 0.0352. The molecule has 1 amide bonds. The number of unbranched alkanes of at least 4 members (excludes halogenated alkanes) is 22. The molecule has 0 saturated heterocycles. The molecule has 0 aromatic heterocycles. The number of rotatable bonds is 31. The molecule has 0 aromatic carbocycles. The third-order valence-electron chi connectivity index (χ3n) is 8.07.